The Hall–Kier alpha value is -8.01. The van der Waals surface area contributed by atoms with Crippen LogP contribution in [0.3, 0.4) is 0 Å². The predicted octanol–water partition coefficient (Wildman–Crippen LogP) is 15.0. The normalized spacial score (nSPS) is 11.3. The van der Waals surface area contributed by atoms with Crippen molar-refractivity contribution in [2.45, 2.75) is 0 Å². The number of nitrogens with zero attached hydrogens (tertiary/aromatic N) is 3. The van der Waals surface area contributed by atoms with Gasteiger partial charge in [0.05, 0.1) is 0 Å². The van der Waals surface area contributed by atoms with Crippen LogP contribution in [0.25, 0.3) is 111 Å². The van der Waals surface area contributed by atoms with Crippen molar-refractivity contribution in [2.24, 2.45) is 0 Å². The Bertz CT molecular complexity index is 3280. The molecule has 10 aromatic carbocycles. The van der Waals surface area contributed by atoms with E-state index in [1.54, 1.807) is 0 Å². The molecule has 0 unspecified atom stereocenters. The molecular weight excluding hydrogens is 727 g/mol. The van der Waals surface area contributed by atoms with Gasteiger partial charge in [0.15, 0.2) is 17.5 Å². The van der Waals surface area contributed by atoms with Crippen molar-refractivity contribution in [1.82, 2.24) is 15.0 Å². The Labute approximate surface area is 349 Å². The van der Waals surface area contributed by atoms with Crippen LogP contribution < -0.4 is 0 Å². The quantitative estimate of drug-likeness (QED) is 0.152. The molecule has 0 aliphatic heterocycles. The van der Waals surface area contributed by atoms with Crippen LogP contribution >= 0.6 is 0 Å². The number of rotatable bonds is 7. The Morgan fingerprint density at radius 2 is 0.517 bits per heavy atom. The van der Waals surface area contributed by atoms with Gasteiger partial charge in [-0.2, -0.15) is 0 Å². The van der Waals surface area contributed by atoms with Crippen molar-refractivity contribution in [2.75, 3.05) is 0 Å². The van der Waals surface area contributed by atoms with Gasteiger partial charge in [0, 0.05) is 16.7 Å². The van der Waals surface area contributed by atoms with E-state index in [2.05, 4.69) is 200 Å². The fraction of sp³-hybridized carbons (Fsp3) is 0. The van der Waals surface area contributed by atoms with Gasteiger partial charge in [-0.05, 0) is 82.9 Å². The molecule has 0 radical (unpaired) electrons. The van der Waals surface area contributed by atoms with Crippen molar-refractivity contribution >= 4 is 32.3 Å². The van der Waals surface area contributed by atoms with E-state index in [0.29, 0.717) is 17.5 Å². The lowest BCUT2D eigenvalue weighted by atomic mass is 9.82. The maximum absolute atomic E-state index is 5.21. The summed E-state index contributed by atoms with van der Waals surface area (Å²) in [6.45, 7) is 0. The van der Waals surface area contributed by atoms with Gasteiger partial charge >= 0.3 is 0 Å². The molecule has 0 N–H and O–H groups in total. The third-order valence-corrected chi connectivity index (χ3v) is 11.6. The molecular formula is C57H37N3. The van der Waals surface area contributed by atoms with Gasteiger partial charge in [0.25, 0.3) is 0 Å². The number of aromatic nitrogens is 3. The third kappa shape index (κ3) is 6.21. The van der Waals surface area contributed by atoms with Gasteiger partial charge in [-0.1, -0.05) is 218 Å². The van der Waals surface area contributed by atoms with Crippen LogP contribution in [0, 0.1) is 0 Å². The van der Waals surface area contributed by atoms with Crippen molar-refractivity contribution < 1.29 is 0 Å². The summed E-state index contributed by atoms with van der Waals surface area (Å²) < 4.78 is 0. The topological polar surface area (TPSA) is 38.7 Å². The highest BCUT2D eigenvalue weighted by atomic mass is 15.0. The van der Waals surface area contributed by atoms with Gasteiger partial charge in [-0.15, -0.1) is 0 Å². The summed E-state index contributed by atoms with van der Waals surface area (Å²) in [5.41, 5.74) is 12.4. The second-order valence-electron chi connectivity index (χ2n) is 15.1. The standard InChI is InChI=1S/C57H37N3/c1-4-18-38(19-5-1)39-32-34-42(35-33-39)56-58-55(41-22-8-3-9-23-41)59-57(60-56)52-37-36-51(44-25-11-12-26-45(44)52)54-49-30-16-14-28-47(49)53(48-29-15-17-31-50(48)54)46-27-13-10-24-43(46)40-20-6-2-7-21-40/h1-37H. The first-order valence-electron chi connectivity index (χ1n) is 20.4. The average molecular weight is 764 g/mol. The molecule has 0 saturated heterocycles. The SMILES string of the molecule is c1ccc(-c2ccc(-c3nc(-c4ccccc4)nc(-c4ccc(-c5c6ccccc6c(-c6ccccc6-c6ccccc6)c6ccccc56)c5ccccc45)n3)cc2)cc1. The van der Waals surface area contributed by atoms with Crippen LogP contribution in [0.4, 0.5) is 0 Å². The first-order valence-corrected chi connectivity index (χ1v) is 20.4. The zero-order valence-electron chi connectivity index (χ0n) is 32.7. The van der Waals surface area contributed by atoms with Crippen LogP contribution in [0.15, 0.2) is 224 Å². The molecule has 0 aliphatic carbocycles. The lowest BCUT2D eigenvalue weighted by Crippen LogP contribution is -2.01. The van der Waals surface area contributed by atoms with E-state index < -0.39 is 0 Å². The van der Waals surface area contributed by atoms with Crippen molar-refractivity contribution in [1.29, 1.82) is 0 Å². The van der Waals surface area contributed by atoms with Crippen LogP contribution in [-0.2, 0) is 0 Å². The highest BCUT2D eigenvalue weighted by molar-refractivity contribution is 6.24. The third-order valence-electron chi connectivity index (χ3n) is 11.6. The van der Waals surface area contributed by atoms with Crippen molar-refractivity contribution in [3.05, 3.63) is 224 Å². The minimum Gasteiger partial charge on any atom is -0.208 e. The second-order valence-corrected chi connectivity index (χ2v) is 15.1. The van der Waals surface area contributed by atoms with Crippen molar-refractivity contribution in [3.8, 4) is 78.7 Å². The zero-order valence-corrected chi connectivity index (χ0v) is 32.7. The lowest BCUT2D eigenvalue weighted by Gasteiger charge is -2.21. The van der Waals surface area contributed by atoms with Gasteiger partial charge in [-0.25, -0.2) is 15.0 Å². The van der Waals surface area contributed by atoms with E-state index >= 15 is 0 Å². The number of fused-ring (bicyclic) bond motifs is 3. The van der Waals surface area contributed by atoms with E-state index in [4.69, 9.17) is 15.0 Å². The molecule has 1 aromatic heterocycles. The maximum Gasteiger partial charge on any atom is 0.164 e. The fourth-order valence-electron chi connectivity index (χ4n) is 8.78. The smallest absolute Gasteiger partial charge is 0.164 e. The Morgan fingerprint density at radius 1 is 0.183 bits per heavy atom. The lowest BCUT2D eigenvalue weighted by molar-refractivity contribution is 1.08. The average Bonchev–Trinajstić information content (AvgIpc) is 3.34. The van der Waals surface area contributed by atoms with Crippen LogP contribution in [0.1, 0.15) is 0 Å². The Kier molecular flexibility index (Phi) is 8.83. The molecule has 280 valence electrons. The largest absolute Gasteiger partial charge is 0.208 e. The molecule has 11 aromatic rings. The molecule has 0 amide bonds. The number of hydrogen-bond donors (Lipinski definition) is 0. The molecule has 1 heterocycles. The predicted molar refractivity (Wildman–Crippen MR) is 250 cm³/mol. The van der Waals surface area contributed by atoms with E-state index in [-0.39, 0.29) is 0 Å². The first-order chi connectivity index (χ1) is 29.8. The molecule has 3 heteroatoms. The molecule has 0 atom stereocenters. The molecule has 0 fully saturated rings. The van der Waals surface area contributed by atoms with E-state index in [0.717, 1.165) is 33.0 Å². The molecule has 0 saturated carbocycles. The molecule has 60 heavy (non-hydrogen) atoms. The summed E-state index contributed by atoms with van der Waals surface area (Å²) in [5.74, 6) is 1.91. The Morgan fingerprint density at radius 3 is 1.07 bits per heavy atom. The van der Waals surface area contributed by atoms with Crippen LogP contribution in [0.5, 0.6) is 0 Å². The maximum atomic E-state index is 5.21. The number of benzene rings is 10. The summed E-state index contributed by atoms with van der Waals surface area (Å²) in [4.78, 5) is 15.4. The summed E-state index contributed by atoms with van der Waals surface area (Å²) in [6, 6.07) is 79.5. The molecule has 0 bridgehead atoms. The summed E-state index contributed by atoms with van der Waals surface area (Å²) in [7, 11) is 0. The minimum absolute atomic E-state index is 0.634. The minimum atomic E-state index is 0.634. The summed E-state index contributed by atoms with van der Waals surface area (Å²) in [6.07, 6.45) is 0. The summed E-state index contributed by atoms with van der Waals surface area (Å²) in [5, 5.41) is 7.07. The molecule has 11 rings (SSSR count). The number of hydrogen-bond acceptors (Lipinski definition) is 3. The highest BCUT2D eigenvalue weighted by Gasteiger charge is 2.22. The first kappa shape index (κ1) is 35.2. The Balaban J connectivity index is 1.12. The molecule has 0 spiro atoms. The highest BCUT2D eigenvalue weighted by Crippen LogP contribution is 2.48. The van der Waals surface area contributed by atoms with Crippen molar-refractivity contribution in [3.63, 3.8) is 0 Å². The van der Waals surface area contributed by atoms with Gasteiger partial charge in [0.2, 0.25) is 0 Å². The van der Waals surface area contributed by atoms with Crippen LogP contribution in [0.2, 0.25) is 0 Å². The second kappa shape index (κ2) is 15.1. The monoisotopic (exact) mass is 763 g/mol. The van der Waals surface area contributed by atoms with Gasteiger partial charge in [-0.3, -0.25) is 0 Å². The van der Waals surface area contributed by atoms with E-state index in [1.807, 2.05) is 24.3 Å². The van der Waals surface area contributed by atoms with E-state index in [9.17, 15) is 0 Å². The van der Waals surface area contributed by atoms with Gasteiger partial charge < -0.3 is 0 Å². The zero-order chi connectivity index (χ0) is 39.8. The molecule has 3 nitrogen and oxygen atoms in total. The fourth-order valence-corrected chi connectivity index (χ4v) is 8.78. The van der Waals surface area contributed by atoms with Gasteiger partial charge in [0.1, 0.15) is 0 Å². The summed E-state index contributed by atoms with van der Waals surface area (Å²) >= 11 is 0. The van der Waals surface area contributed by atoms with Crippen LogP contribution in [-0.4, -0.2) is 15.0 Å². The molecule has 0 aliphatic rings. The van der Waals surface area contributed by atoms with E-state index in [1.165, 1.54) is 60.5 Å².